The van der Waals surface area contributed by atoms with E-state index in [2.05, 4.69) is 53.6 Å². The molecule has 0 spiro atoms. The summed E-state index contributed by atoms with van der Waals surface area (Å²) in [5.74, 6) is 1.59. The Hall–Kier alpha value is -2.46. The Morgan fingerprint density at radius 1 is 1.12 bits per heavy atom. The van der Waals surface area contributed by atoms with Crippen LogP contribution in [0.15, 0.2) is 42.5 Å². The molecule has 2 aromatic carbocycles. The van der Waals surface area contributed by atoms with Crippen molar-refractivity contribution in [1.29, 1.82) is 0 Å². The number of aromatic amines is 1. The number of ether oxygens (including phenoxy) is 2. The zero-order chi connectivity index (χ0) is 17.2. The van der Waals surface area contributed by atoms with E-state index in [-0.39, 0.29) is 6.04 Å². The van der Waals surface area contributed by atoms with Crippen LogP contribution in [0.5, 0.6) is 11.5 Å². The van der Waals surface area contributed by atoms with E-state index in [4.69, 9.17) is 9.47 Å². The lowest BCUT2D eigenvalue weighted by Gasteiger charge is -2.25. The van der Waals surface area contributed by atoms with Gasteiger partial charge in [0.2, 0.25) is 0 Å². The van der Waals surface area contributed by atoms with Gasteiger partial charge in [-0.15, -0.1) is 0 Å². The first kappa shape index (κ1) is 16.0. The second-order valence-corrected chi connectivity index (χ2v) is 6.46. The number of H-pyrrole nitrogens is 1. The Labute approximate surface area is 148 Å². The molecule has 2 N–H and O–H groups in total. The third-order valence-corrected chi connectivity index (χ3v) is 4.84. The van der Waals surface area contributed by atoms with Crippen LogP contribution < -0.4 is 14.8 Å². The van der Waals surface area contributed by atoms with Gasteiger partial charge >= 0.3 is 0 Å². The first-order valence-electron chi connectivity index (χ1n) is 8.95. The summed E-state index contributed by atoms with van der Waals surface area (Å²) in [6, 6.07) is 14.9. The molecule has 2 heterocycles. The molecule has 1 atom stereocenters. The highest BCUT2D eigenvalue weighted by Gasteiger charge is 2.25. The van der Waals surface area contributed by atoms with Gasteiger partial charge in [-0.1, -0.05) is 31.2 Å². The van der Waals surface area contributed by atoms with Gasteiger partial charge in [0.1, 0.15) is 0 Å². The van der Waals surface area contributed by atoms with Crippen LogP contribution in [0.25, 0.3) is 10.9 Å². The molecule has 1 aromatic heterocycles. The van der Waals surface area contributed by atoms with Crippen molar-refractivity contribution >= 4 is 10.9 Å². The van der Waals surface area contributed by atoms with E-state index in [0.717, 1.165) is 30.9 Å². The molecule has 0 aliphatic carbocycles. The molecular weight excluding hydrogens is 312 g/mol. The number of aromatic nitrogens is 1. The summed E-state index contributed by atoms with van der Waals surface area (Å²) in [5.41, 5.74) is 5.07. The number of hydrogen-bond acceptors (Lipinski definition) is 3. The van der Waals surface area contributed by atoms with Gasteiger partial charge in [-0.05, 0) is 42.2 Å². The third kappa shape index (κ3) is 2.87. The highest BCUT2D eigenvalue weighted by molar-refractivity contribution is 5.85. The second-order valence-electron chi connectivity index (χ2n) is 6.46. The molecule has 3 aromatic rings. The van der Waals surface area contributed by atoms with Crippen LogP contribution in [0.3, 0.4) is 0 Å². The van der Waals surface area contributed by atoms with E-state index in [9.17, 15) is 0 Å². The van der Waals surface area contributed by atoms with Crippen LogP contribution in [-0.4, -0.2) is 25.2 Å². The molecule has 4 rings (SSSR count). The minimum atomic E-state index is 0.144. The van der Waals surface area contributed by atoms with Crippen molar-refractivity contribution in [3.63, 3.8) is 0 Å². The summed E-state index contributed by atoms with van der Waals surface area (Å²) in [4.78, 5) is 3.62. The number of hydrogen-bond donors (Lipinski definition) is 2. The van der Waals surface area contributed by atoms with Crippen molar-refractivity contribution < 1.29 is 9.47 Å². The summed E-state index contributed by atoms with van der Waals surface area (Å²) >= 11 is 0. The second kappa shape index (κ2) is 6.81. The number of methoxy groups -OCH3 is 1. The van der Waals surface area contributed by atoms with Gasteiger partial charge < -0.3 is 19.8 Å². The lowest BCUT2D eigenvalue weighted by molar-refractivity contribution is 0.294. The fraction of sp³-hybridized carbons (Fsp3) is 0.333. The molecular formula is C21H24N2O2. The van der Waals surface area contributed by atoms with Crippen molar-refractivity contribution in [3.05, 3.63) is 59.3 Å². The molecule has 0 fully saturated rings. The topological polar surface area (TPSA) is 46.3 Å². The lowest BCUT2D eigenvalue weighted by Crippen LogP contribution is -2.30. The molecule has 0 saturated carbocycles. The van der Waals surface area contributed by atoms with Gasteiger partial charge in [0, 0.05) is 23.1 Å². The van der Waals surface area contributed by atoms with Crippen molar-refractivity contribution in [2.24, 2.45) is 0 Å². The zero-order valence-electron chi connectivity index (χ0n) is 14.8. The number of para-hydroxylation sites is 1. The maximum Gasteiger partial charge on any atom is 0.161 e. The molecule has 0 radical (unpaired) electrons. The van der Waals surface area contributed by atoms with Crippen LogP contribution in [0.4, 0.5) is 0 Å². The van der Waals surface area contributed by atoms with Gasteiger partial charge in [-0.2, -0.15) is 0 Å². The summed E-state index contributed by atoms with van der Waals surface area (Å²) in [6.45, 7) is 3.77. The van der Waals surface area contributed by atoms with Crippen LogP contribution in [-0.2, 0) is 6.42 Å². The molecule has 1 aliphatic rings. The highest BCUT2D eigenvalue weighted by atomic mass is 16.5. The largest absolute Gasteiger partial charge is 0.493 e. The summed E-state index contributed by atoms with van der Waals surface area (Å²) in [5, 5.41) is 4.97. The molecule has 25 heavy (non-hydrogen) atoms. The van der Waals surface area contributed by atoms with Gasteiger partial charge in [-0.3, -0.25) is 0 Å². The van der Waals surface area contributed by atoms with Crippen molar-refractivity contribution in [2.75, 3.05) is 20.3 Å². The van der Waals surface area contributed by atoms with Crippen LogP contribution in [0.1, 0.15) is 36.2 Å². The Kier molecular flexibility index (Phi) is 4.36. The quantitative estimate of drug-likeness (QED) is 0.734. The van der Waals surface area contributed by atoms with Gasteiger partial charge in [0.25, 0.3) is 0 Å². The van der Waals surface area contributed by atoms with E-state index in [1.165, 1.54) is 27.7 Å². The molecule has 130 valence electrons. The van der Waals surface area contributed by atoms with Crippen molar-refractivity contribution in [2.45, 2.75) is 25.8 Å². The summed E-state index contributed by atoms with van der Waals surface area (Å²) in [6.07, 6.45) is 2.03. The van der Waals surface area contributed by atoms with E-state index in [1.807, 2.05) is 6.07 Å². The monoisotopic (exact) mass is 336 g/mol. The average Bonchev–Trinajstić information content (AvgIpc) is 3.05. The van der Waals surface area contributed by atoms with Crippen LogP contribution in [0, 0.1) is 0 Å². The number of rotatable bonds is 5. The molecule has 0 saturated heterocycles. The standard InChI is InChI=1S/C21H24N2O2/c1-3-12-25-18-9-8-14(13-19(18)24-2)20-21-16(10-11-22-20)15-6-4-5-7-17(15)23-21/h4-9,13,20,22-23H,3,10-12H2,1-2H3/t20-/m1/s1. The predicted molar refractivity (Wildman–Crippen MR) is 101 cm³/mol. The van der Waals surface area contributed by atoms with E-state index in [1.54, 1.807) is 7.11 Å². The van der Waals surface area contributed by atoms with Gasteiger partial charge in [0.05, 0.1) is 19.8 Å². The predicted octanol–water partition coefficient (Wildman–Crippen LogP) is 4.20. The Bertz CT molecular complexity index is 885. The molecule has 0 amide bonds. The van der Waals surface area contributed by atoms with Crippen molar-refractivity contribution in [3.8, 4) is 11.5 Å². The minimum absolute atomic E-state index is 0.144. The van der Waals surface area contributed by atoms with E-state index >= 15 is 0 Å². The van der Waals surface area contributed by atoms with Gasteiger partial charge in [0.15, 0.2) is 11.5 Å². The molecule has 4 nitrogen and oxygen atoms in total. The number of benzene rings is 2. The Morgan fingerprint density at radius 3 is 2.84 bits per heavy atom. The van der Waals surface area contributed by atoms with Crippen LogP contribution >= 0.6 is 0 Å². The van der Waals surface area contributed by atoms with E-state index in [0.29, 0.717) is 6.61 Å². The molecule has 0 bridgehead atoms. The molecule has 4 heteroatoms. The number of fused-ring (bicyclic) bond motifs is 3. The van der Waals surface area contributed by atoms with Crippen molar-refractivity contribution in [1.82, 2.24) is 10.3 Å². The lowest BCUT2D eigenvalue weighted by atomic mass is 9.94. The maximum absolute atomic E-state index is 5.78. The smallest absolute Gasteiger partial charge is 0.161 e. The zero-order valence-corrected chi connectivity index (χ0v) is 14.8. The van der Waals surface area contributed by atoms with E-state index < -0.39 is 0 Å². The summed E-state index contributed by atoms with van der Waals surface area (Å²) in [7, 11) is 1.70. The minimum Gasteiger partial charge on any atom is -0.493 e. The maximum atomic E-state index is 5.78. The Morgan fingerprint density at radius 2 is 2.00 bits per heavy atom. The fourth-order valence-electron chi connectivity index (χ4n) is 3.66. The third-order valence-electron chi connectivity index (χ3n) is 4.84. The first-order chi connectivity index (χ1) is 12.3. The van der Waals surface area contributed by atoms with Gasteiger partial charge in [-0.25, -0.2) is 0 Å². The molecule has 1 aliphatic heterocycles. The SMILES string of the molecule is CCCOc1ccc([C@H]2NCCc3c2[nH]c2ccccc32)cc1OC. The Balaban J connectivity index is 1.74. The normalized spacial score (nSPS) is 16.6. The average molecular weight is 336 g/mol. The molecule has 0 unspecified atom stereocenters. The fourth-order valence-corrected chi connectivity index (χ4v) is 3.66. The summed E-state index contributed by atoms with van der Waals surface area (Å²) < 4.78 is 11.3. The van der Waals surface area contributed by atoms with Crippen LogP contribution in [0.2, 0.25) is 0 Å². The first-order valence-corrected chi connectivity index (χ1v) is 8.95. The highest BCUT2D eigenvalue weighted by Crippen LogP contribution is 2.36. The number of nitrogens with one attached hydrogen (secondary N) is 2.